The smallest absolute Gasteiger partial charge is 0.311 e. The maximum atomic E-state index is 12.2. The molecule has 0 radical (unpaired) electrons. The van der Waals surface area contributed by atoms with Gasteiger partial charge in [0.1, 0.15) is 17.7 Å². The zero-order valence-corrected chi connectivity index (χ0v) is 18.4. The van der Waals surface area contributed by atoms with Crippen molar-refractivity contribution in [1.29, 1.82) is 5.41 Å². The second-order valence-electron chi connectivity index (χ2n) is 8.06. The molecular formula is C24H27ClN4O3. The number of nitrogen functional groups attached to an aromatic ring is 1. The van der Waals surface area contributed by atoms with Gasteiger partial charge >= 0.3 is 5.97 Å². The first kappa shape index (κ1) is 22.2. The third-order valence-electron chi connectivity index (χ3n) is 5.92. The Bertz CT molecular complexity index is 1120. The maximum absolute atomic E-state index is 12.2. The molecule has 4 rings (SSSR count). The Kier molecular flexibility index (Phi) is 6.67. The lowest BCUT2D eigenvalue weighted by Crippen LogP contribution is -2.20. The Labute approximate surface area is 191 Å². The highest BCUT2D eigenvalue weighted by molar-refractivity contribution is 6.17. The minimum Gasteiger partial charge on any atom is -0.489 e. The Hall–Kier alpha value is -3.03. The van der Waals surface area contributed by atoms with Crippen molar-refractivity contribution in [2.45, 2.75) is 31.4 Å². The lowest BCUT2D eigenvalue weighted by atomic mass is 9.94. The van der Waals surface area contributed by atoms with E-state index in [9.17, 15) is 9.90 Å². The highest BCUT2D eigenvalue weighted by atomic mass is 35.5. The largest absolute Gasteiger partial charge is 0.489 e. The van der Waals surface area contributed by atoms with Gasteiger partial charge < -0.3 is 25.5 Å². The number of carbonyl (C=O) groups is 1. The number of carboxylic acids is 1. The Morgan fingerprint density at radius 3 is 2.69 bits per heavy atom. The maximum Gasteiger partial charge on any atom is 0.311 e. The first-order chi connectivity index (χ1) is 15.5. The number of nitrogens with one attached hydrogen (secondary N) is 2. The molecule has 8 heteroatoms. The number of aromatic nitrogens is 1. The number of nitrogens with two attached hydrogens (primary N) is 1. The van der Waals surface area contributed by atoms with Gasteiger partial charge in [-0.2, -0.15) is 0 Å². The van der Waals surface area contributed by atoms with E-state index in [2.05, 4.69) is 5.32 Å². The third-order valence-corrected chi connectivity index (χ3v) is 6.09. The quantitative estimate of drug-likeness (QED) is 0.225. The van der Waals surface area contributed by atoms with Gasteiger partial charge in [-0.15, -0.1) is 11.6 Å². The summed E-state index contributed by atoms with van der Waals surface area (Å²) in [7, 11) is 0. The second kappa shape index (κ2) is 9.63. The number of halogens is 1. The fourth-order valence-corrected chi connectivity index (χ4v) is 4.42. The molecule has 1 fully saturated rings. The molecule has 1 saturated heterocycles. The number of amidine groups is 1. The van der Waals surface area contributed by atoms with Gasteiger partial charge in [-0.25, -0.2) is 0 Å². The van der Waals surface area contributed by atoms with Crippen molar-refractivity contribution >= 4 is 34.3 Å². The minimum absolute atomic E-state index is 0.00817. The topological polar surface area (TPSA) is 113 Å². The molecular weight excluding hydrogens is 428 g/mol. The van der Waals surface area contributed by atoms with Gasteiger partial charge in [0.05, 0.1) is 5.92 Å². The standard InChI is InChI=1S/C24H27ClN4O3/c25-8-10-29-18(11-16-1-2-17(23(26)27)12-22(16)29)13-21(24(30)31)15-3-5-19(6-4-15)32-20-7-9-28-14-20/h1-6,11-12,20-21,28H,7-10,13-14H2,(H3,26,27)(H,30,31)/t20-,21?/m0/s1. The summed E-state index contributed by atoms with van der Waals surface area (Å²) < 4.78 is 7.98. The Balaban J connectivity index is 1.61. The van der Waals surface area contributed by atoms with E-state index in [0.29, 0.717) is 24.4 Å². The van der Waals surface area contributed by atoms with Crippen molar-refractivity contribution in [1.82, 2.24) is 9.88 Å². The number of nitrogens with zero attached hydrogens (tertiary/aromatic N) is 1. The van der Waals surface area contributed by atoms with Gasteiger partial charge in [-0.1, -0.05) is 24.3 Å². The predicted octanol–water partition coefficient (Wildman–Crippen LogP) is 3.32. The summed E-state index contributed by atoms with van der Waals surface area (Å²) in [5, 5.41) is 21.9. The fourth-order valence-electron chi connectivity index (χ4n) is 4.25. The van der Waals surface area contributed by atoms with Crippen molar-refractivity contribution < 1.29 is 14.6 Å². The van der Waals surface area contributed by atoms with E-state index in [1.54, 1.807) is 6.07 Å². The number of aryl methyl sites for hydroxylation is 1. The zero-order valence-electron chi connectivity index (χ0n) is 17.7. The number of carboxylic acid groups (broad SMARTS) is 1. The number of fused-ring (bicyclic) bond motifs is 1. The molecule has 7 nitrogen and oxygen atoms in total. The normalized spacial score (nSPS) is 16.8. The first-order valence-electron chi connectivity index (χ1n) is 10.7. The summed E-state index contributed by atoms with van der Waals surface area (Å²) in [5.41, 5.74) is 8.78. The van der Waals surface area contributed by atoms with Crippen LogP contribution in [0, 0.1) is 5.41 Å². The fraction of sp³-hybridized carbons (Fsp3) is 0.333. The minimum atomic E-state index is -0.884. The van der Waals surface area contributed by atoms with Crippen LogP contribution in [0.2, 0.25) is 0 Å². The van der Waals surface area contributed by atoms with Crippen LogP contribution in [0.1, 0.15) is 29.2 Å². The number of benzene rings is 2. The van der Waals surface area contributed by atoms with Crippen LogP contribution >= 0.6 is 11.6 Å². The number of hydrogen-bond acceptors (Lipinski definition) is 4. The molecule has 2 aromatic carbocycles. The van der Waals surface area contributed by atoms with Crippen LogP contribution in [0.5, 0.6) is 5.75 Å². The molecule has 1 aliphatic heterocycles. The SMILES string of the molecule is N=C(N)c1ccc2cc(CC(C(=O)O)c3ccc(O[C@H]4CCNC4)cc3)n(CCCl)c2c1. The van der Waals surface area contributed by atoms with Gasteiger partial charge in [-0.3, -0.25) is 10.2 Å². The van der Waals surface area contributed by atoms with Gasteiger partial charge in [-0.05, 0) is 48.2 Å². The van der Waals surface area contributed by atoms with Gasteiger partial charge in [0, 0.05) is 42.2 Å². The van der Waals surface area contributed by atoms with Gasteiger partial charge in [0.25, 0.3) is 0 Å². The average Bonchev–Trinajstić information content (AvgIpc) is 3.40. The molecule has 0 aliphatic carbocycles. The molecule has 0 bridgehead atoms. The van der Waals surface area contributed by atoms with Crippen LogP contribution in [0.4, 0.5) is 0 Å². The Morgan fingerprint density at radius 2 is 2.06 bits per heavy atom. The van der Waals surface area contributed by atoms with Crippen LogP contribution < -0.4 is 15.8 Å². The van der Waals surface area contributed by atoms with E-state index in [0.717, 1.165) is 47.4 Å². The van der Waals surface area contributed by atoms with E-state index in [4.69, 9.17) is 27.5 Å². The van der Waals surface area contributed by atoms with Crippen molar-refractivity contribution in [2.75, 3.05) is 19.0 Å². The first-order valence-corrected chi connectivity index (χ1v) is 11.2. The summed E-state index contributed by atoms with van der Waals surface area (Å²) in [5.74, 6) is -0.458. The lowest BCUT2D eigenvalue weighted by Gasteiger charge is -2.17. The molecule has 0 spiro atoms. The summed E-state index contributed by atoms with van der Waals surface area (Å²) >= 11 is 6.05. The van der Waals surface area contributed by atoms with Crippen LogP contribution in [0.3, 0.4) is 0 Å². The number of rotatable bonds is 9. The molecule has 1 unspecified atom stereocenters. The molecule has 0 saturated carbocycles. The average molecular weight is 455 g/mol. The van der Waals surface area contributed by atoms with Crippen molar-refractivity contribution in [2.24, 2.45) is 5.73 Å². The number of ether oxygens (including phenoxy) is 1. The highest BCUT2D eigenvalue weighted by Crippen LogP contribution is 2.29. The van der Waals surface area contributed by atoms with E-state index in [1.807, 2.05) is 47.0 Å². The zero-order chi connectivity index (χ0) is 22.7. The van der Waals surface area contributed by atoms with E-state index in [-0.39, 0.29) is 11.9 Å². The molecule has 5 N–H and O–H groups in total. The molecule has 0 amide bonds. The van der Waals surface area contributed by atoms with Crippen molar-refractivity contribution in [3.05, 3.63) is 65.4 Å². The number of aliphatic carboxylic acids is 1. The Morgan fingerprint density at radius 1 is 1.28 bits per heavy atom. The van der Waals surface area contributed by atoms with E-state index in [1.165, 1.54) is 0 Å². The molecule has 32 heavy (non-hydrogen) atoms. The summed E-state index contributed by atoms with van der Waals surface area (Å²) in [6, 6.07) is 14.9. The number of hydrogen-bond donors (Lipinski definition) is 4. The second-order valence-corrected chi connectivity index (χ2v) is 8.44. The lowest BCUT2D eigenvalue weighted by molar-refractivity contribution is -0.138. The van der Waals surface area contributed by atoms with Crippen LogP contribution in [-0.4, -0.2) is 46.6 Å². The monoisotopic (exact) mass is 454 g/mol. The predicted molar refractivity (Wildman–Crippen MR) is 126 cm³/mol. The number of alkyl halides is 1. The summed E-state index contributed by atoms with van der Waals surface area (Å²) in [4.78, 5) is 12.2. The van der Waals surface area contributed by atoms with Crippen LogP contribution in [0.25, 0.3) is 10.9 Å². The van der Waals surface area contributed by atoms with Crippen LogP contribution in [0.15, 0.2) is 48.5 Å². The summed E-state index contributed by atoms with van der Waals surface area (Å²) in [6.45, 7) is 2.32. The van der Waals surface area contributed by atoms with Crippen molar-refractivity contribution in [3.8, 4) is 5.75 Å². The van der Waals surface area contributed by atoms with E-state index >= 15 is 0 Å². The third kappa shape index (κ3) is 4.74. The molecule has 1 aliphatic rings. The molecule has 1 aromatic heterocycles. The van der Waals surface area contributed by atoms with Gasteiger partial charge in [0.15, 0.2) is 0 Å². The molecule has 3 aromatic rings. The highest BCUT2D eigenvalue weighted by Gasteiger charge is 2.24. The van der Waals surface area contributed by atoms with Gasteiger partial charge in [0.2, 0.25) is 0 Å². The van der Waals surface area contributed by atoms with Crippen molar-refractivity contribution in [3.63, 3.8) is 0 Å². The molecule has 2 atom stereocenters. The van der Waals surface area contributed by atoms with E-state index < -0.39 is 11.9 Å². The van der Waals surface area contributed by atoms with Crippen LogP contribution in [-0.2, 0) is 17.8 Å². The molecule has 2 heterocycles. The molecule has 168 valence electrons. The summed E-state index contributed by atoms with van der Waals surface area (Å²) in [6.07, 6.45) is 1.45.